The first kappa shape index (κ1) is 13.7. The van der Waals surface area contributed by atoms with Gasteiger partial charge in [0.1, 0.15) is 5.82 Å². The van der Waals surface area contributed by atoms with Gasteiger partial charge in [-0.15, -0.1) is 0 Å². The monoisotopic (exact) mass is 264 g/mol. The summed E-state index contributed by atoms with van der Waals surface area (Å²) in [7, 11) is 0. The van der Waals surface area contributed by atoms with Gasteiger partial charge in [-0.25, -0.2) is 8.78 Å². The zero-order valence-electron chi connectivity index (χ0n) is 7.83. The molecular formula is C9H4F8. The molecule has 0 nitrogen and oxygen atoms in total. The van der Waals surface area contributed by atoms with Gasteiger partial charge in [-0.05, 0) is 12.1 Å². The highest BCUT2D eigenvalue weighted by Crippen LogP contribution is 2.53. The second-order valence-corrected chi connectivity index (χ2v) is 3.16. The lowest BCUT2D eigenvalue weighted by atomic mass is 9.94. The van der Waals surface area contributed by atoms with E-state index in [2.05, 4.69) is 0 Å². The van der Waals surface area contributed by atoms with E-state index in [4.69, 9.17) is 0 Å². The van der Waals surface area contributed by atoms with Crippen molar-refractivity contribution in [2.24, 2.45) is 0 Å². The predicted molar refractivity (Wildman–Crippen MR) is 41.3 cm³/mol. The van der Waals surface area contributed by atoms with E-state index in [9.17, 15) is 35.1 Å². The number of benzene rings is 1. The van der Waals surface area contributed by atoms with Crippen molar-refractivity contribution in [3.05, 3.63) is 35.6 Å². The molecule has 0 aromatic heterocycles. The van der Waals surface area contributed by atoms with E-state index in [0.717, 1.165) is 0 Å². The van der Waals surface area contributed by atoms with Gasteiger partial charge < -0.3 is 0 Å². The first-order valence-corrected chi connectivity index (χ1v) is 4.08. The molecule has 0 amide bonds. The summed E-state index contributed by atoms with van der Waals surface area (Å²) in [6.07, 6.45) is -12.4. The van der Waals surface area contributed by atoms with Crippen molar-refractivity contribution in [3.63, 3.8) is 0 Å². The molecule has 0 saturated carbocycles. The van der Waals surface area contributed by atoms with Gasteiger partial charge in [-0.3, -0.25) is 0 Å². The van der Waals surface area contributed by atoms with E-state index < -0.39 is 29.4 Å². The molecular weight excluding hydrogens is 260 g/mol. The quantitative estimate of drug-likeness (QED) is 0.669. The van der Waals surface area contributed by atoms with Crippen LogP contribution < -0.4 is 0 Å². The molecule has 0 aliphatic heterocycles. The average molecular weight is 264 g/mol. The second-order valence-electron chi connectivity index (χ2n) is 3.16. The average Bonchev–Trinajstić information content (AvgIpc) is 2.12. The number of rotatable bonds is 1. The van der Waals surface area contributed by atoms with Crippen LogP contribution in [-0.4, -0.2) is 12.4 Å². The summed E-state index contributed by atoms with van der Waals surface area (Å²) in [4.78, 5) is 0. The maximum Gasteiger partial charge on any atom is 0.435 e. The van der Waals surface area contributed by atoms with Crippen LogP contribution in [0, 0.1) is 5.82 Å². The lowest BCUT2D eigenvalue weighted by Gasteiger charge is -2.30. The van der Waals surface area contributed by atoms with Crippen LogP contribution >= 0.6 is 0 Å². The number of hydrogen-bond acceptors (Lipinski definition) is 0. The van der Waals surface area contributed by atoms with Crippen LogP contribution in [0.3, 0.4) is 0 Å². The van der Waals surface area contributed by atoms with Crippen LogP contribution in [0.25, 0.3) is 0 Å². The topological polar surface area (TPSA) is 0 Å². The molecule has 17 heavy (non-hydrogen) atoms. The van der Waals surface area contributed by atoms with Crippen LogP contribution in [-0.2, 0) is 5.67 Å². The third-order valence-electron chi connectivity index (χ3n) is 2.00. The fourth-order valence-corrected chi connectivity index (χ4v) is 1.19. The van der Waals surface area contributed by atoms with E-state index >= 15 is 0 Å². The molecule has 0 unspecified atom stereocenters. The molecule has 96 valence electrons. The minimum Gasteiger partial charge on any atom is -0.218 e. The molecule has 8 heteroatoms. The van der Waals surface area contributed by atoms with E-state index in [1.165, 1.54) is 0 Å². The van der Waals surface area contributed by atoms with Gasteiger partial charge in [0.05, 0.1) is 0 Å². The maximum absolute atomic E-state index is 13.3. The third-order valence-corrected chi connectivity index (χ3v) is 2.00. The van der Waals surface area contributed by atoms with Crippen molar-refractivity contribution in [2.45, 2.75) is 18.0 Å². The largest absolute Gasteiger partial charge is 0.435 e. The highest BCUT2D eigenvalue weighted by atomic mass is 19.4. The first-order valence-electron chi connectivity index (χ1n) is 4.08. The fourth-order valence-electron chi connectivity index (χ4n) is 1.19. The molecule has 0 aliphatic rings. The Morgan fingerprint density at radius 3 is 1.59 bits per heavy atom. The second kappa shape index (κ2) is 3.85. The van der Waals surface area contributed by atoms with Gasteiger partial charge in [-0.2, -0.15) is 26.3 Å². The molecule has 1 aromatic rings. The predicted octanol–water partition coefficient (Wildman–Crippen LogP) is 4.12. The fraction of sp³-hybridized carbons (Fsp3) is 0.333. The summed E-state index contributed by atoms with van der Waals surface area (Å²) in [6.45, 7) is 0. The number of alkyl halides is 7. The van der Waals surface area contributed by atoms with E-state index in [1.54, 1.807) is 0 Å². The molecule has 0 fully saturated rings. The summed E-state index contributed by atoms with van der Waals surface area (Å²) < 4.78 is 99.1. The summed E-state index contributed by atoms with van der Waals surface area (Å²) in [5.74, 6) is -1.39. The SMILES string of the molecule is Fc1cccc(C(F)(C(F)(F)F)C(F)(F)F)c1. The van der Waals surface area contributed by atoms with Crippen LogP contribution in [0.5, 0.6) is 0 Å². The zero-order valence-corrected chi connectivity index (χ0v) is 7.83. The standard InChI is InChI=1S/C9H4F8/c10-6-3-1-2-5(4-6)7(11,8(12,13)14)9(15,16)17/h1-4H. The van der Waals surface area contributed by atoms with Crippen LogP contribution in [0.2, 0.25) is 0 Å². The number of halogens is 8. The van der Waals surface area contributed by atoms with Crippen LogP contribution in [0.4, 0.5) is 35.1 Å². The van der Waals surface area contributed by atoms with Gasteiger partial charge in [0.25, 0.3) is 0 Å². The Morgan fingerprint density at radius 1 is 0.765 bits per heavy atom. The van der Waals surface area contributed by atoms with Gasteiger partial charge >= 0.3 is 18.0 Å². The van der Waals surface area contributed by atoms with Gasteiger partial charge in [0.2, 0.25) is 0 Å². The van der Waals surface area contributed by atoms with Gasteiger partial charge in [0, 0.05) is 5.56 Å². The lowest BCUT2D eigenvalue weighted by molar-refractivity contribution is -0.348. The van der Waals surface area contributed by atoms with E-state index in [0.29, 0.717) is 12.1 Å². The normalized spacial score (nSPS) is 13.9. The molecule has 0 N–H and O–H groups in total. The molecule has 1 rings (SSSR count). The highest BCUT2D eigenvalue weighted by Gasteiger charge is 2.73. The minimum absolute atomic E-state index is 0.138. The highest BCUT2D eigenvalue weighted by molar-refractivity contribution is 5.27. The minimum atomic E-state index is -6.22. The molecule has 0 aliphatic carbocycles. The zero-order chi connectivity index (χ0) is 13.5. The van der Waals surface area contributed by atoms with E-state index in [1.807, 2.05) is 0 Å². The molecule has 0 spiro atoms. The van der Waals surface area contributed by atoms with Crippen molar-refractivity contribution in [1.29, 1.82) is 0 Å². The Labute approximate surface area is 89.9 Å². The Kier molecular flexibility index (Phi) is 3.11. The summed E-state index contributed by atoms with van der Waals surface area (Å²) in [5.41, 5.74) is -7.42. The van der Waals surface area contributed by atoms with Gasteiger partial charge in [0.15, 0.2) is 0 Å². The van der Waals surface area contributed by atoms with Crippen LogP contribution in [0.1, 0.15) is 5.56 Å². The first-order chi connectivity index (χ1) is 7.50. The molecule has 0 radical (unpaired) electrons. The summed E-state index contributed by atoms with van der Waals surface area (Å²) in [6, 6.07) is 1.26. The Balaban J connectivity index is 3.46. The Morgan fingerprint density at radius 2 is 1.24 bits per heavy atom. The molecule has 0 bridgehead atoms. The smallest absolute Gasteiger partial charge is 0.218 e. The van der Waals surface area contributed by atoms with Gasteiger partial charge in [-0.1, -0.05) is 12.1 Å². The molecule has 0 heterocycles. The van der Waals surface area contributed by atoms with Crippen molar-refractivity contribution < 1.29 is 35.1 Å². The molecule has 0 saturated heterocycles. The summed E-state index contributed by atoms with van der Waals surface area (Å²) >= 11 is 0. The Hall–Kier alpha value is -1.34. The number of hydrogen-bond donors (Lipinski definition) is 0. The third kappa shape index (κ3) is 2.20. The summed E-state index contributed by atoms with van der Waals surface area (Å²) in [5, 5.41) is 0. The maximum atomic E-state index is 13.3. The van der Waals surface area contributed by atoms with Crippen molar-refractivity contribution in [2.75, 3.05) is 0 Å². The molecule has 1 aromatic carbocycles. The van der Waals surface area contributed by atoms with Crippen molar-refractivity contribution in [1.82, 2.24) is 0 Å². The van der Waals surface area contributed by atoms with Crippen LogP contribution in [0.15, 0.2) is 24.3 Å². The van der Waals surface area contributed by atoms with Crippen molar-refractivity contribution >= 4 is 0 Å². The Bertz CT molecular complexity index is 388. The van der Waals surface area contributed by atoms with E-state index in [-0.39, 0.29) is 12.1 Å². The lowest BCUT2D eigenvalue weighted by Crippen LogP contribution is -2.50. The van der Waals surface area contributed by atoms with Crippen molar-refractivity contribution in [3.8, 4) is 0 Å². The molecule has 0 atom stereocenters.